The first kappa shape index (κ1) is 14.5. The average Bonchev–Trinajstić information content (AvgIpc) is 2.72. The molecule has 104 valence electrons. The summed E-state index contributed by atoms with van der Waals surface area (Å²) in [4.78, 5) is 15.8. The molecule has 0 aliphatic carbocycles. The van der Waals surface area contributed by atoms with Gasteiger partial charge in [0.1, 0.15) is 4.90 Å². The molecule has 1 saturated heterocycles. The Bertz CT molecular complexity index is 601. The van der Waals surface area contributed by atoms with Crippen molar-refractivity contribution in [1.29, 1.82) is 0 Å². The Hall–Kier alpha value is -0.950. The Labute approximate surface area is 121 Å². The number of pyridine rings is 1. The number of nitrogens with zero attached hydrogens (tertiary/aromatic N) is 2. The third kappa shape index (κ3) is 2.81. The molecule has 1 aliphatic rings. The third-order valence-electron chi connectivity index (χ3n) is 3.33. The molecule has 1 aromatic rings. The van der Waals surface area contributed by atoms with Crippen LogP contribution in [-0.2, 0) is 14.8 Å². The fourth-order valence-electron chi connectivity index (χ4n) is 2.04. The number of carbonyl (C=O) groups is 1. The zero-order valence-electron chi connectivity index (χ0n) is 10.7. The summed E-state index contributed by atoms with van der Waals surface area (Å²) in [5, 5.41) is 0. The van der Waals surface area contributed by atoms with Crippen LogP contribution in [0.5, 0.6) is 0 Å². The highest BCUT2D eigenvalue weighted by molar-refractivity contribution is 9.10. The molecule has 1 aliphatic heterocycles. The summed E-state index contributed by atoms with van der Waals surface area (Å²) < 4.78 is 26.4. The summed E-state index contributed by atoms with van der Waals surface area (Å²) in [6.45, 7) is 4.24. The summed E-state index contributed by atoms with van der Waals surface area (Å²) in [5.74, 6) is 0.0332. The van der Waals surface area contributed by atoms with Crippen LogP contribution in [0.25, 0.3) is 0 Å². The molecule has 19 heavy (non-hydrogen) atoms. The molecule has 7 heteroatoms. The molecular formula is C12H15BrN2O3S. The Morgan fingerprint density at radius 3 is 2.63 bits per heavy atom. The van der Waals surface area contributed by atoms with Crippen LogP contribution >= 0.6 is 15.9 Å². The van der Waals surface area contributed by atoms with Gasteiger partial charge in [-0.05, 0) is 33.8 Å². The van der Waals surface area contributed by atoms with Gasteiger partial charge in [-0.3, -0.25) is 9.78 Å². The first-order valence-corrected chi connectivity index (χ1v) is 8.22. The van der Waals surface area contributed by atoms with Crippen molar-refractivity contribution in [3.05, 3.63) is 22.9 Å². The number of carbonyl (C=O) groups excluding carboxylic acids is 1. The van der Waals surface area contributed by atoms with E-state index in [2.05, 4.69) is 20.9 Å². The monoisotopic (exact) mass is 346 g/mol. The van der Waals surface area contributed by atoms with Gasteiger partial charge in [-0.25, -0.2) is 12.7 Å². The highest BCUT2D eigenvalue weighted by Gasteiger charge is 2.39. The SMILES string of the molecule is CC(C)C1CC(=O)N(S(=O)(=O)c2cncc(Br)c2)C1. The largest absolute Gasteiger partial charge is 0.274 e. The zero-order chi connectivity index (χ0) is 14.2. The van der Waals surface area contributed by atoms with Crippen LogP contribution < -0.4 is 0 Å². The fraction of sp³-hybridized carbons (Fsp3) is 0.500. The van der Waals surface area contributed by atoms with E-state index in [1.165, 1.54) is 18.5 Å². The number of hydrogen-bond donors (Lipinski definition) is 0. The van der Waals surface area contributed by atoms with E-state index in [0.717, 1.165) is 4.31 Å². The van der Waals surface area contributed by atoms with Crippen molar-refractivity contribution in [3.8, 4) is 0 Å². The minimum absolute atomic E-state index is 0.0413. The average molecular weight is 347 g/mol. The molecule has 2 rings (SSSR count). The molecule has 5 nitrogen and oxygen atoms in total. The topological polar surface area (TPSA) is 67.3 Å². The molecule has 1 amide bonds. The molecule has 1 unspecified atom stereocenters. The molecule has 0 saturated carbocycles. The first-order chi connectivity index (χ1) is 8.82. The van der Waals surface area contributed by atoms with E-state index in [4.69, 9.17) is 0 Å². The molecule has 0 radical (unpaired) electrons. The van der Waals surface area contributed by atoms with Crippen molar-refractivity contribution in [2.45, 2.75) is 25.2 Å². The van der Waals surface area contributed by atoms with Crippen molar-refractivity contribution < 1.29 is 13.2 Å². The van der Waals surface area contributed by atoms with Crippen LogP contribution in [0.4, 0.5) is 0 Å². The second-order valence-electron chi connectivity index (χ2n) is 4.98. The summed E-state index contributed by atoms with van der Waals surface area (Å²) in [7, 11) is -3.79. The van der Waals surface area contributed by atoms with Crippen LogP contribution in [-0.4, -0.2) is 30.2 Å². The van der Waals surface area contributed by atoms with E-state index in [1.54, 1.807) is 0 Å². The fourth-order valence-corrected chi connectivity index (χ4v) is 4.02. The summed E-state index contributed by atoms with van der Waals surface area (Å²) in [5.41, 5.74) is 0. The first-order valence-electron chi connectivity index (χ1n) is 5.98. The van der Waals surface area contributed by atoms with Crippen LogP contribution in [0.3, 0.4) is 0 Å². The Morgan fingerprint density at radius 2 is 2.11 bits per heavy atom. The quantitative estimate of drug-likeness (QED) is 0.839. The van der Waals surface area contributed by atoms with Crippen molar-refractivity contribution in [1.82, 2.24) is 9.29 Å². The third-order valence-corrected chi connectivity index (χ3v) is 5.51. The minimum Gasteiger partial charge on any atom is -0.274 e. The van der Waals surface area contributed by atoms with Gasteiger partial charge in [-0.1, -0.05) is 13.8 Å². The molecule has 0 N–H and O–H groups in total. The van der Waals surface area contributed by atoms with E-state index < -0.39 is 10.0 Å². The molecule has 1 fully saturated rings. The van der Waals surface area contributed by atoms with Crippen LogP contribution in [0.15, 0.2) is 27.8 Å². The molecule has 0 spiro atoms. The lowest BCUT2D eigenvalue weighted by Gasteiger charge is -2.18. The summed E-state index contributed by atoms with van der Waals surface area (Å²) >= 11 is 3.18. The van der Waals surface area contributed by atoms with E-state index in [0.29, 0.717) is 10.9 Å². The second-order valence-corrected chi connectivity index (χ2v) is 7.75. The van der Waals surface area contributed by atoms with Gasteiger partial charge in [-0.15, -0.1) is 0 Å². The molecule has 2 heterocycles. The van der Waals surface area contributed by atoms with Crippen molar-refractivity contribution in [2.24, 2.45) is 11.8 Å². The number of amides is 1. The normalized spacial score (nSPS) is 20.3. The lowest BCUT2D eigenvalue weighted by atomic mass is 9.95. The molecule has 0 aromatic carbocycles. The van der Waals surface area contributed by atoms with E-state index in [1.807, 2.05) is 13.8 Å². The van der Waals surface area contributed by atoms with Gasteiger partial charge >= 0.3 is 0 Å². The molecule has 1 aromatic heterocycles. The lowest BCUT2D eigenvalue weighted by Crippen LogP contribution is -2.32. The van der Waals surface area contributed by atoms with Crippen molar-refractivity contribution in [3.63, 3.8) is 0 Å². The van der Waals surface area contributed by atoms with Gasteiger partial charge in [0.15, 0.2) is 0 Å². The van der Waals surface area contributed by atoms with Crippen molar-refractivity contribution in [2.75, 3.05) is 6.54 Å². The minimum atomic E-state index is -3.79. The van der Waals surface area contributed by atoms with Gasteiger partial charge in [0.25, 0.3) is 10.0 Å². The highest BCUT2D eigenvalue weighted by atomic mass is 79.9. The summed E-state index contributed by atoms with van der Waals surface area (Å²) in [6.07, 6.45) is 3.05. The van der Waals surface area contributed by atoms with Gasteiger partial charge in [0.05, 0.1) is 0 Å². The molecule has 1 atom stereocenters. The predicted molar refractivity (Wildman–Crippen MR) is 73.8 cm³/mol. The van der Waals surface area contributed by atoms with Gasteiger partial charge in [-0.2, -0.15) is 0 Å². The van der Waals surface area contributed by atoms with E-state index in [-0.39, 0.29) is 29.2 Å². The molecular weight excluding hydrogens is 332 g/mol. The maximum atomic E-state index is 12.4. The lowest BCUT2D eigenvalue weighted by molar-refractivity contribution is -0.123. The van der Waals surface area contributed by atoms with Gasteiger partial charge in [0, 0.05) is 29.8 Å². The number of aromatic nitrogens is 1. The smallest absolute Gasteiger partial charge is 0.268 e. The molecule has 0 bridgehead atoms. The van der Waals surface area contributed by atoms with Gasteiger partial charge in [0.2, 0.25) is 5.91 Å². The van der Waals surface area contributed by atoms with Crippen LogP contribution in [0, 0.1) is 11.8 Å². The van der Waals surface area contributed by atoms with Crippen LogP contribution in [0.2, 0.25) is 0 Å². The highest BCUT2D eigenvalue weighted by Crippen LogP contribution is 2.29. The van der Waals surface area contributed by atoms with E-state index in [9.17, 15) is 13.2 Å². The number of hydrogen-bond acceptors (Lipinski definition) is 4. The number of halogens is 1. The summed E-state index contributed by atoms with van der Waals surface area (Å²) in [6, 6.07) is 1.46. The van der Waals surface area contributed by atoms with Crippen LogP contribution in [0.1, 0.15) is 20.3 Å². The number of rotatable bonds is 3. The maximum Gasteiger partial charge on any atom is 0.268 e. The predicted octanol–water partition coefficient (Wildman–Crippen LogP) is 2.04. The van der Waals surface area contributed by atoms with E-state index >= 15 is 0 Å². The maximum absolute atomic E-state index is 12.4. The Balaban J connectivity index is 2.33. The van der Waals surface area contributed by atoms with Crippen molar-refractivity contribution >= 4 is 31.9 Å². The Morgan fingerprint density at radius 1 is 1.42 bits per heavy atom. The number of sulfonamides is 1. The zero-order valence-corrected chi connectivity index (χ0v) is 13.1. The van der Waals surface area contributed by atoms with Gasteiger partial charge < -0.3 is 0 Å². The standard InChI is InChI=1S/C12H15BrN2O3S/c1-8(2)9-3-12(16)15(7-9)19(17,18)11-4-10(13)5-14-6-11/h4-6,8-9H,3,7H2,1-2H3. The Kier molecular flexibility index (Phi) is 3.96. The second kappa shape index (κ2) is 5.20.